The highest BCUT2D eigenvalue weighted by Gasteiger charge is 2.26. The van der Waals surface area contributed by atoms with E-state index in [-0.39, 0.29) is 0 Å². The Kier molecular flexibility index (Phi) is 3.98. The van der Waals surface area contributed by atoms with Gasteiger partial charge in [0.05, 0.1) is 21.3 Å². The zero-order valence-electron chi connectivity index (χ0n) is 12.2. The summed E-state index contributed by atoms with van der Waals surface area (Å²) >= 11 is 0. The topological polar surface area (TPSA) is 40.0 Å². The Morgan fingerprint density at radius 1 is 1.05 bits per heavy atom. The molecule has 0 saturated carbocycles. The van der Waals surface area contributed by atoms with E-state index in [2.05, 4.69) is 18.8 Å². The normalized spacial score (nSPS) is 13.9. The standard InChI is InChI=1S/C15H21NO3/c1-9(2)13-12-10(6-7-16-13)8-11(17-3)14(18-4)15(12)19-5/h8-9H,6-7H2,1-5H3. The number of ether oxygens (including phenoxy) is 3. The molecule has 19 heavy (non-hydrogen) atoms. The maximum absolute atomic E-state index is 5.57. The summed E-state index contributed by atoms with van der Waals surface area (Å²) < 4.78 is 16.4. The van der Waals surface area contributed by atoms with E-state index >= 15 is 0 Å². The molecule has 1 aliphatic rings. The van der Waals surface area contributed by atoms with E-state index in [4.69, 9.17) is 14.2 Å². The minimum absolute atomic E-state index is 0.353. The van der Waals surface area contributed by atoms with Gasteiger partial charge in [0.1, 0.15) is 0 Å². The summed E-state index contributed by atoms with van der Waals surface area (Å²) in [7, 11) is 4.93. The molecule has 1 aromatic rings. The van der Waals surface area contributed by atoms with Crippen molar-refractivity contribution < 1.29 is 14.2 Å². The molecule has 2 rings (SSSR count). The zero-order valence-corrected chi connectivity index (χ0v) is 12.2. The molecule has 0 saturated heterocycles. The lowest BCUT2D eigenvalue weighted by atomic mass is 9.90. The minimum atomic E-state index is 0.353. The molecule has 0 bridgehead atoms. The van der Waals surface area contributed by atoms with Crippen LogP contribution in [0.25, 0.3) is 0 Å². The molecule has 0 radical (unpaired) electrons. The molecule has 0 unspecified atom stereocenters. The van der Waals surface area contributed by atoms with E-state index < -0.39 is 0 Å². The Hall–Kier alpha value is -1.71. The average molecular weight is 263 g/mol. The summed E-state index contributed by atoms with van der Waals surface area (Å²) in [4.78, 5) is 4.65. The van der Waals surface area contributed by atoms with Gasteiger partial charge in [-0.2, -0.15) is 0 Å². The Morgan fingerprint density at radius 3 is 2.26 bits per heavy atom. The first-order chi connectivity index (χ1) is 9.13. The molecule has 0 amide bonds. The number of rotatable bonds is 4. The van der Waals surface area contributed by atoms with Crippen molar-refractivity contribution in [2.45, 2.75) is 20.3 Å². The first-order valence-electron chi connectivity index (χ1n) is 6.50. The van der Waals surface area contributed by atoms with Crippen LogP contribution in [0.1, 0.15) is 25.0 Å². The second kappa shape index (κ2) is 5.51. The minimum Gasteiger partial charge on any atom is -0.493 e. The monoisotopic (exact) mass is 263 g/mol. The van der Waals surface area contributed by atoms with E-state index in [0.29, 0.717) is 17.4 Å². The van der Waals surface area contributed by atoms with Gasteiger partial charge in [0.15, 0.2) is 11.5 Å². The molecule has 1 aromatic carbocycles. The van der Waals surface area contributed by atoms with Crippen molar-refractivity contribution in [1.29, 1.82) is 0 Å². The first-order valence-corrected chi connectivity index (χ1v) is 6.50. The number of nitrogens with zero attached hydrogens (tertiary/aromatic N) is 1. The third-order valence-corrected chi connectivity index (χ3v) is 3.38. The highest BCUT2D eigenvalue weighted by Crippen LogP contribution is 2.44. The second-order valence-corrected chi connectivity index (χ2v) is 4.85. The lowest BCUT2D eigenvalue weighted by molar-refractivity contribution is 0.323. The van der Waals surface area contributed by atoms with Gasteiger partial charge >= 0.3 is 0 Å². The Balaban J connectivity index is 2.71. The van der Waals surface area contributed by atoms with Crippen molar-refractivity contribution in [1.82, 2.24) is 0 Å². The average Bonchev–Trinajstić information content (AvgIpc) is 2.43. The Morgan fingerprint density at radius 2 is 1.74 bits per heavy atom. The lowest BCUT2D eigenvalue weighted by Crippen LogP contribution is -2.19. The van der Waals surface area contributed by atoms with Crippen LogP contribution in [0.2, 0.25) is 0 Å². The molecule has 0 aromatic heterocycles. The summed E-state index contributed by atoms with van der Waals surface area (Å²) in [6.45, 7) is 5.10. The third-order valence-electron chi connectivity index (χ3n) is 3.38. The number of fused-ring (bicyclic) bond motifs is 1. The smallest absolute Gasteiger partial charge is 0.203 e. The Bertz CT molecular complexity index is 507. The van der Waals surface area contributed by atoms with E-state index in [1.165, 1.54) is 5.56 Å². The predicted molar refractivity (Wildman–Crippen MR) is 76.0 cm³/mol. The van der Waals surface area contributed by atoms with Crippen LogP contribution in [-0.4, -0.2) is 33.6 Å². The van der Waals surface area contributed by atoms with Crippen molar-refractivity contribution in [2.75, 3.05) is 27.9 Å². The summed E-state index contributed by atoms with van der Waals surface area (Å²) in [5, 5.41) is 0. The number of methoxy groups -OCH3 is 3. The van der Waals surface area contributed by atoms with Gasteiger partial charge in [-0.05, 0) is 24.0 Å². The molecule has 4 nitrogen and oxygen atoms in total. The molecular weight excluding hydrogens is 242 g/mol. The van der Waals surface area contributed by atoms with Crippen LogP contribution in [0.4, 0.5) is 0 Å². The van der Waals surface area contributed by atoms with Gasteiger partial charge in [0.25, 0.3) is 0 Å². The highest BCUT2D eigenvalue weighted by atomic mass is 16.5. The number of benzene rings is 1. The predicted octanol–water partition coefficient (Wildman–Crippen LogP) is 2.71. The lowest BCUT2D eigenvalue weighted by Gasteiger charge is -2.24. The van der Waals surface area contributed by atoms with Gasteiger partial charge < -0.3 is 14.2 Å². The molecule has 104 valence electrons. The van der Waals surface area contributed by atoms with E-state index in [0.717, 1.165) is 30.0 Å². The molecule has 1 heterocycles. The van der Waals surface area contributed by atoms with E-state index in [1.54, 1.807) is 21.3 Å². The molecular formula is C15H21NO3. The van der Waals surface area contributed by atoms with Crippen LogP contribution in [-0.2, 0) is 6.42 Å². The molecule has 0 aliphatic carbocycles. The van der Waals surface area contributed by atoms with Gasteiger partial charge in [-0.1, -0.05) is 13.8 Å². The zero-order chi connectivity index (χ0) is 14.0. The SMILES string of the molecule is COc1cc2c(c(OC)c1OC)C(C(C)C)=NCC2. The number of hydrogen-bond donors (Lipinski definition) is 0. The van der Waals surface area contributed by atoms with Gasteiger partial charge in [-0.25, -0.2) is 0 Å². The van der Waals surface area contributed by atoms with Crippen LogP contribution in [0.3, 0.4) is 0 Å². The molecule has 0 N–H and O–H groups in total. The highest BCUT2D eigenvalue weighted by molar-refractivity contribution is 6.07. The van der Waals surface area contributed by atoms with E-state index in [1.807, 2.05) is 6.07 Å². The summed E-state index contributed by atoms with van der Waals surface area (Å²) in [5.74, 6) is 2.43. The third kappa shape index (κ3) is 2.27. The van der Waals surface area contributed by atoms with Crippen LogP contribution in [0.5, 0.6) is 17.2 Å². The van der Waals surface area contributed by atoms with Crippen molar-refractivity contribution in [3.63, 3.8) is 0 Å². The summed E-state index contributed by atoms with van der Waals surface area (Å²) in [5.41, 5.74) is 3.37. The van der Waals surface area contributed by atoms with Crippen LogP contribution in [0, 0.1) is 5.92 Å². The quantitative estimate of drug-likeness (QED) is 0.838. The second-order valence-electron chi connectivity index (χ2n) is 4.85. The fourth-order valence-corrected chi connectivity index (χ4v) is 2.53. The van der Waals surface area contributed by atoms with Crippen molar-refractivity contribution in [3.8, 4) is 17.2 Å². The fraction of sp³-hybridized carbons (Fsp3) is 0.533. The maximum atomic E-state index is 5.57. The number of aliphatic imine (C=N–C) groups is 1. The Labute approximate surface area is 114 Å². The molecule has 0 spiro atoms. The first kappa shape index (κ1) is 13.7. The molecule has 0 fully saturated rings. The largest absolute Gasteiger partial charge is 0.493 e. The van der Waals surface area contributed by atoms with E-state index in [9.17, 15) is 0 Å². The summed E-state index contributed by atoms with van der Waals surface area (Å²) in [6.07, 6.45) is 0.905. The van der Waals surface area contributed by atoms with Crippen molar-refractivity contribution in [3.05, 3.63) is 17.2 Å². The van der Waals surface area contributed by atoms with Gasteiger partial charge in [0.2, 0.25) is 5.75 Å². The molecule has 0 atom stereocenters. The van der Waals surface area contributed by atoms with Crippen LogP contribution >= 0.6 is 0 Å². The number of hydrogen-bond acceptors (Lipinski definition) is 4. The maximum Gasteiger partial charge on any atom is 0.203 e. The van der Waals surface area contributed by atoms with Crippen LogP contribution < -0.4 is 14.2 Å². The molecule has 1 aliphatic heterocycles. The summed E-state index contributed by atoms with van der Waals surface area (Å²) in [6, 6.07) is 2.04. The van der Waals surface area contributed by atoms with Gasteiger partial charge in [-0.3, -0.25) is 4.99 Å². The van der Waals surface area contributed by atoms with Gasteiger partial charge in [-0.15, -0.1) is 0 Å². The fourth-order valence-electron chi connectivity index (χ4n) is 2.53. The van der Waals surface area contributed by atoms with Crippen molar-refractivity contribution in [2.24, 2.45) is 10.9 Å². The van der Waals surface area contributed by atoms with Gasteiger partial charge in [0, 0.05) is 17.8 Å². The molecule has 4 heteroatoms. The van der Waals surface area contributed by atoms with Crippen molar-refractivity contribution >= 4 is 5.71 Å². The van der Waals surface area contributed by atoms with Crippen LogP contribution in [0.15, 0.2) is 11.1 Å².